The number of likely N-dealkylation sites (tertiary alicyclic amines) is 1. The van der Waals surface area contributed by atoms with Gasteiger partial charge in [-0.05, 0) is 31.2 Å². The first-order chi connectivity index (χ1) is 13.0. The molecule has 0 bridgehead atoms. The first kappa shape index (κ1) is 17.6. The molecule has 0 radical (unpaired) electrons. The SMILES string of the molecule is COc1ccc2c(c1)cc(C(=O)N1CC(O)C(Cc3cc(C)no3)C1)n2C. The second-order valence-corrected chi connectivity index (χ2v) is 7.19. The molecule has 3 heterocycles. The number of carbonyl (C=O) groups is 1. The first-order valence-corrected chi connectivity index (χ1v) is 8.99. The number of amides is 1. The van der Waals surface area contributed by atoms with E-state index in [0.29, 0.717) is 25.2 Å². The van der Waals surface area contributed by atoms with Gasteiger partial charge in [-0.25, -0.2) is 0 Å². The number of aliphatic hydroxyl groups excluding tert-OH is 1. The number of ether oxygens (including phenoxy) is 1. The number of carbonyl (C=O) groups excluding carboxylic acids is 1. The summed E-state index contributed by atoms with van der Waals surface area (Å²) in [5.41, 5.74) is 2.38. The van der Waals surface area contributed by atoms with Crippen LogP contribution >= 0.6 is 0 Å². The Bertz CT molecular complexity index is 990. The molecule has 1 aliphatic rings. The normalized spacial score (nSPS) is 19.8. The van der Waals surface area contributed by atoms with Gasteiger partial charge in [0.1, 0.15) is 17.2 Å². The lowest BCUT2D eigenvalue weighted by atomic mass is 10.0. The van der Waals surface area contributed by atoms with Crippen molar-refractivity contribution >= 4 is 16.8 Å². The number of aromatic nitrogens is 2. The van der Waals surface area contributed by atoms with Crippen molar-refractivity contribution in [3.63, 3.8) is 0 Å². The van der Waals surface area contributed by atoms with Crippen LogP contribution < -0.4 is 4.74 Å². The van der Waals surface area contributed by atoms with Crippen LogP contribution in [0.15, 0.2) is 34.9 Å². The van der Waals surface area contributed by atoms with Gasteiger partial charge in [-0.3, -0.25) is 4.79 Å². The molecule has 142 valence electrons. The second-order valence-electron chi connectivity index (χ2n) is 7.19. The minimum atomic E-state index is -0.575. The second kappa shape index (κ2) is 6.74. The largest absolute Gasteiger partial charge is 0.497 e. The number of aliphatic hydroxyl groups is 1. The molecule has 2 aromatic heterocycles. The van der Waals surface area contributed by atoms with E-state index in [1.807, 2.05) is 48.9 Å². The summed E-state index contributed by atoms with van der Waals surface area (Å²) in [6.45, 7) is 2.68. The Kier molecular flexibility index (Phi) is 4.39. The molecule has 1 aliphatic heterocycles. The molecule has 7 nitrogen and oxygen atoms in total. The Labute approximate surface area is 157 Å². The maximum absolute atomic E-state index is 13.1. The van der Waals surface area contributed by atoms with Crippen molar-refractivity contribution in [3.05, 3.63) is 47.5 Å². The third kappa shape index (κ3) is 3.19. The van der Waals surface area contributed by atoms with E-state index < -0.39 is 6.10 Å². The molecular weight excluding hydrogens is 346 g/mol. The third-order valence-corrected chi connectivity index (χ3v) is 5.30. The number of rotatable bonds is 4. The van der Waals surface area contributed by atoms with Crippen LogP contribution in [0.1, 0.15) is 21.9 Å². The Morgan fingerprint density at radius 2 is 2.15 bits per heavy atom. The predicted octanol–water partition coefficient (Wildman–Crippen LogP) is 2.16. The molecule has 0 saturated carbocycles. The van der Waals surface area contributed by atoms with Gasteiger partial charge in [0.2, 0.25) is 0 Å². The number of hydrogen-bond donors (Lipinski definition) is 1. The van der Waals surface area contributed by atoms with Gasteiger partial charge in [0.25, 0.3) is 5.91 Å². The molecule has 1 fully saturated rings. The van der Waals surface area contributed by atoms with E-state index >= 15 is 0 Å². The fourth-order valence-electron chi connectivity index (χ4n) is 3.81. The average Bonchev–Trinajstić information content (AvgIpc) is 3.33. The zero-order valence-corrected chi connectivity index (χ0v) is 15.7. The highest BCUT2D eigenvalue weighted by Crippen LogP contribution is 2.27. The Hall–Kier alpha value is -2.80. The summed E-state index contributed by atoms with van der Waals surface area (Å²) < 4.78 is 12.4. The standard InChI is InChI=1S/C20H23N3O4/c1-12-6-16(27-21-12)8-14-10-23(11-19(14)24)20(25)18-9-13-7-15(26-3)4-5-17(13)22(18)2/h4-7,9,14,19,24H,8,10-11H2,1-3H3. The molecule has 1 N–H and O–H groups in total. The lowest BCUT2D eigenvalue weighted by Gasteiger charge is -2.16. The van der Waals surface area contributed by atoms with Crippen LogP contribution in [0.3, 0.4) is 0 Å². The van der Waals surface area contributed by atoms with Crippen LogP contribution in [0.4, 0.5) is 0 Å². The fraction of sp³-hybridized carbons (Fsp3) is 0.400. The number of nitrogens with zero attached hydrogens (tertiary/aromatic N) is 3. The molecule has 0 spiro atoms. The molecule has 3 aromatic rings. The van der Waals surface area contributed by atoms with E-state index in [1.165, 1.54) is 0 Å². The number of β-amino-alcohol motifs (C(OH)–C–C–N with tert-alkyl or cyclic N) is 1. The number of fused-ring (bicyclic) bond motifs is 1. The third-order valence-electron chi connectivity index (χ3n) is 5.30. The molecule has 2 atom stereocenters. The molecule has 7 heteroatoms. The molecule has 4 rings (SSSR count). The first-order valence-electron chi connectivity index (χ1n) is 8.99. The summed E-state index contributed by atoms with van der Waals surface area (Å²) in [4.78, 5) is 14.8. The molecule has 1 saturated heterocycles. The van der Waals surface area contributed by atoms with E-state index in [0.717, 1.165) is 28.1 Å². The van der Waals surface area contributed by atoms with Crippen molar-refractivity contribution in [2.75, 3.05) is 20.2 Å². The summed E-state index contributed by atoms with van der Waals surface area (Å²) in [5, 5.41) is 15.3. The van der Waals surface area contributed by atoms with E-state index in [1.54, 1.807) is 12.0 Å². The summed E-state index contributed by atoms with van der Waals surface area (Å²) in [5.74, 6) is 1.35. The quantitative estimate of drug-likeness (QED) is 0.762. The smallest absolute Gasteiger partial charge is 0.270 e. The summed E-state index contributed by atoms with van der Waals surface area (Å²) >= 11 is 0. The van der Waals surface area contributed by atoms with Gasteiger partial charge >= 0.3 is 0 Å². The lowest BCUT2D eigenvalue weighted by molar-refractivity contribution is 0.0756. The van der Waals surface area contributed by atoms with Gasteiger partial charge in [0.15, 0.2) is 0 Å². The van der Waals surface area contributed by atoms with Crippen molar-refractivity contribution < 1.29 is 19.2 Å². The Morgan fingerprint density at radius 1 is 1.33 bits per heavy atom. The summed E-state index contributed by atoms with van der Waals surface area (Å²) in [6, 6.07) is 9.48. The van der Waals surface area contributed by atoms with Crippen molar-refractivity contribution in [1.82, 2.24) is 14.6 Å². The van der Waals surface area contributed by atoms with Gasteiger partial charge < -0.3 is 23.8 Å². The van der Waals surface area contributed by atoms with Crippen LogP contribution in [0.25, 0.3) is 10.9 Å². The van der Waals surface area contributed by atoms with Crippen LogP contribution in [-0.2, 0) is 13.5 Å². The van der Waals surface area contributed by atoms with Gasteiger partial charge in [-0.15, -0.1) is 0 Å². The van der Waals surface area contributed by atoms with Gasteiger partial charge in [-0.1, -0.05) is 5.16 Å². The topological polar surface area (TPSA) is 80.7 Å². The number of benzene rings is 1. The molecule has 1 amide bonds. The number of hydrogen-bond acceptors (Lipinski definition) is 5. The Balaban J connectivity index is 1.54. The molecule has 2 unspecified atom stereocenters. The zero-order valence-electron chi connectivity index (χ0n) is 15.7. The minimum absolute atomic E-state index is 0.0592. The molecule has 27 heavy (non-hydrogen) atoms. The van der Waals surface area contributed by atoms with Crippen LogP contribution in [-0.4, -0.2) is 51.9 Å². The van der Waals surface area contributed by atoms with Crippen LogP contribution in [0, 0.1) is 12.8 Å². The average molecular weight is 369 g/mol. The van der Waals surface area contributed by atoms with Gasteiger partial charge in [0, 0.05) is 49.4 Å². The van der Waals surface area contributed by atoms with Crippen LogP contribution in [0.2, 0.25) is 0 Å². The zero-order chi connectivity index (χ0) is 19.1. The van der Waals surface area contributed by atoms with E-state index in [-0.39, 0.29) is 11.8 Å². The lowest BCUT2D eigenvalue weighted by Crippen LogP contribution is -2.31. The van der Waals surface area contributed by atoms with Crippen molar-refractivity contribution in [2.24, 2.45) is 13.0 Å². The van der Waals surface area contributed by atoms with E-state index in [4.69, 9.17) is 9.26 Å². The maximum Gasteiger partial charge on any atom is 0.270 e. The van der Waals surface area contributed by atoms with E-state index in [2.05, 4.69) is 5.16 Å². The number of aryl methyl sites for hydroxylation is 2. The molecule has 0 aliphatic carbocycles. The highest BCUT2D eigenvalue weighted by atomic mass is 16.5. The summed E-state index contributed by atoms with van der Waals surface area (Å²) in [7, 11) is 3.50. The van der Waals surface area contributed by atoms with Crippen molar-refractivity contribution in [3.8, 4) is 5.75 Å². The highest BCUT2D eigenvalue weighted by Gasteiger charge is 2.36. The fourth-order valence-corrected chi connectivity index (χ4v) is 3.81. The molecule has 1 aromatic carbocycles. The maximum atomic E-state index is 13.1. The van der Waals surface area contributed by atoms with Crippen molar-refractivity contribution in [1.29, 1.82) is 0 Å². The molecular formula is C20H23N3O4. The highest BCUT2D eigenvalue weighted by molar-refractivity contribution is 5.99. The van der Waals surface area contributed by atoms with Gasteiger partial charge in [0.05, 0.1) is 18.9 Å². The number of methoxy groups -OCH3 is 1. The monoisotopic (exact) mass is 369 g/mol. The van der Waals surface area contributed by atoms with Crippen LogP contribution in [0.5, 0.6) is 5.75 Å². The minimum Gasteiger partial charge on any atom is -0.497 e. The Morgan fingerprint density at radius 3 is 2.85 bits per heavy atom. The summed E-state index contributed by atoms with van der Waals surface area (Å²) in [6.07, 6.45) is -0.00732. The predicted molar refractivity (Wildman–Crippen MR) is 99.8 cm³/mol. The van der Waals surface area contributed by atoms with Gasteiger partial charge in [-0.2, -0.15) is 0 Å². The van der Waals surface area contributed by atoms with Crippen molar-refractivity contribution in [2.45, 2.75) is 19.4 Å². The van der Waals surface area contributed by atoms with E-state index in [9.17, 15) is 9.90 Å².